The maximum Gasteiger partial charge on any atom is 0.410 e. The predicted octanol–water partition coefficient (Wildman–Crippen LogP) is 3.55. The van der Waals surface area contributed by atoms with E-state index < -0.39 is 11.7 Å². The summed E-state index contributed by atoms with van der Waals surface area (Å²) in [6.07, 6.45) is -0.395. The van der Waals surface area contributed by atoms with Gasteiger partial charge in [-0.15, -0.1) is 0 Å². The van der Waals surface area contributed by atoms with E-state index in [-0.39, 0.29) is 12.0 Å². The van der Waals surface area contributed by atoms with E-state index in [1.165, 1.54) is 0 Å². The van der Waals surface area contributed by atoms with Crippen LogP contribution in [0.4, 0.5) is 4.79 Å². The molecule has 6 nitrogen and oxygen atoms in total. The molecular formula is C18H25NO5. The summed E-state index contributed by atoms with van der Waals surface area (Å²) in [5.74, 6) is 0.280. The maximum atomic E-state index is 12.5. The Morgan fingerprint density at radius 3 is 2.67 bits per heavy atom. The molecule has 1 amide bonds. The van der Waals surface area contributed by atoms with Gasteiger partial charge in [-0.05, 0) is 52.8 Å². The first kappa shape index (κ1) is 18.1. The molecule has 0 aliphatic carbocycles. The van der Waals surface area contributed by atoms with Crippen molar-refractivity contribution in [1.82, 2.24) is 4.90 Å². The Morgan fingerprint density at radius 2 is 2.04 bits per heavy atom. The van der Waals surface area contributed by atoms with Crippen LogP contribution in [0, 0.1) is 0 Å². The van der Waals surface area contributed by atoms with Crippen LogP contribution in [0.25, 0.3) is 0 Å². The van der Waals surface area contributed by atoms with E-state index in [2.05, 4.69) is 0 Å². The summed E-state index contributed by atoms with van der Waals surface area (Å²) in [5, 5.41) is 0. The quantitative estimate of drug-likeness (QED) is 0.773. The summed E-state index contributed by atoms with van der Waals surface area (Å²) in [6, 6.07) is 4.87. The van der Waals surface area contributed by atoms with E-state index >= 15 is 0 Å². The van der Waals surface area contributed by atoms with Gasteiger partial charge in [0, 0.05) is 5.56 Å². The number of esters is 1. The number of rotatable bonds is 2. The molecule has 1 heterocycles. The lowest BCUT2D eigenvalue weighted by Gasteiger charge is -2.30. The molecule has 2 rings (SSSR count). The standard InChI is InChI=1S/C18H25NO5/c1-6-22-16(20)13-7-8-15-14(11-13)12(2)19(9-10-23-15)17(21)24-18(3,4)5/h7-8,11-12H,6,9-10H2,1-5H3/t12-/m0/s1. The second-order valence-corrected chi connectivity index (χ2v) is 6.67. The fourth-order valence-corrected chi connectivity index (χ4v) is 2.53. The number of amides is 1. The number of benzene rings is 1. The number of ether oxygens (including phenoxy) is 3. The maximum absolute atomic E-state index is 12.5. The minimum Gasteiger partial charge on any atom is -0.491 e. The topological polar surface area (TPSA) is 65.1 Å². The van der Waals surface area contributed by atoms with Crippen LogP contribution in [0.5, 0.6) is 5.75 Å². The summed E-state index contributed by atoms with van der Waals surface area (Å²) in [6.45, 7) is 10.2. The van der Waals surface area contributed by atoms with Crippen molar-refractivity contribution in [2.24, 2.45) is 0 Å². The van der Waals surface area contributed by atoms with Gasteiger partial charge in [0.2, 0.25) is 0 Å². The molecule has 0 saturated heterocycles. The molecule has 6 heteroatoms. The zero-order valence-electron chi connectivity index (χ0n) is 14.9. The molecule has 0 N–H and O–H groups in total. The lowest BCUT2D eigenvalue weighted by Crippen LogP contribution is -2.39. The predicted molar refractivity (Wildman–Crippen MR) is 89.2 cm³/mol. The Labute approximate surface area is 142 Å². The summed E-state index contributed by atoms with van der Waals surface area (Å²) in [5.41, 5.74) is 0.639. The highest BCUT2D eigenvalue weighted by molar-refractivity contribution is 5.90. The van der Waals surface area contributed by atoms with Crippen LogP contribution in [-0.2, 0) is 9.47 Å². The molecule has 1 aromatic rings. The molecule has 132 valence electrons. The number of hydrogen-bond acceptors (Lipinski definition) is 5. The molecule has 1 aliphatic rings. The SMILES string of the molecule is CCOC(=O)c1ccc2c(c1)[C@H](C)N(C(=O)OC(C)(C)C)CCO2. The Balaban J connectivity index is 2.30. The van der Waals surface area contributed by atoms with Gasteiger partial charge in [-0.25, -0.2) is 9.59 Å². The lowest BCUT2D eigenvalue weighted by atomic mass is 10.0. The number of carbonyl (C=O) groups is 2. The Kier molecular flexibility index (Phi) is 5.36. The average molecular weight is 335 g/mol. The van der Waals surface area contributed by atoms with Crippen molar-refractivity contribution < 1.29 is 23.8 Å². The average Bonchev–Trinajstić information content (AvgIpc) is 2.65. The molecule has 1 atom stereocenters. The zero-order valence-corrected chi connectivity index (χ0v) is 14.9. The van der Waals surface area contributed by atoms with Crippen LogP contribution in [0.1, 0.15) is 56.6 Å². The van der Waals surface area contributed by atoms with E-state index in [1.54, 1.807) is 30.0 Å². The van der Waals surface area contributed by atoms with E-state index in [1.807, 2.05) is 27.7 Å². The van der Waals surface area contributed by atoms with Crippen LogP contribution >= 0.6 is 0 Å². The van der Waals surface area contributed by atoms with E-state index in [0.29, 0.717) is 31.1 Å². The zero-order chi connectivity index (χ0) is 17.9. The van der Waals surface area contributed by atoms with Crippen molar-refractivity contribution in [2.75, 3.05) is 19.8 Å². The molecule has 0 fully saturated rings. The van der Waals surface area contributed by atoms with Gasteiger partial charge in [-0.1, -0.05) is 0 Å². The Morgan fingerprint density at radius 1 is 1.33 bits per heavy atom. The molecule has 0 spiro atoms. The highest BCUT2D eigenvalue weighted by atomic mass is 16.6. The number of hydrogen-bond donors (Lipinski definition) is 0. The minimum absolute atomic E-state index is 0.272. The second-order valence-electron chi connectivity index (χ2n) is 6.67. The van der Waals surface area contributed by atoms with Crippen LogP contribution in [-0.4, -0.2) is 42.3 Å². The number of nitrogens with zero attached hydrogens (tertiary/aromatic N) is 1. The van der Waals surface area contributed by atoms with E-state index in [4.69, 9.17) is 14.2 Å². The summed E-state index contributed by atoms with van der Waals surface area (Å²) >= 11 is 0. The monoisotopic (exact) mass is 335 g/mol. The summed E-state index contributed by atoms with van der Waals surface area (Å²) < 4.78 is 16.2. The molecule has 0 unspecified atom stereocenters. The van der Waals surface area contributed by atoms with Gasteiger partial charge in [0.15, 0.2) is 0 Å². The third-order valence-electron chi connectivity index (χ3n) is 3.66. The van der Waals surface area contributed by atoms with Gasteiger partial charge in [0.1, 0.15) is 18.0 Å². The van der Waals surface area contributed by atoms with Gasteiger partial charge in [0.05, 0.1) is 24.8 Å². The molecule has 24 heavy (non-hydrogen) atoms. The third kappa shape index (κ3) is 4.19. The molecule has 0 aromatic heterocycles. The molecule has 0 saturated carbocycles. The van der Waals surface area contributed by atoms with Crippen LogP contribution in [0.15, 0.2) is 18.2 Å². The first-order chi connectivity index (χ1) is 11.2. The minimum atomic E-state index is -0.570. The summed E-state index contributed by atoms with van der Waals surface area (Å²) in [4.78, 5) is 26.0. The van der Waals surface area contributed by atoms with Crippen LogP contribution in [0.2, 0.25) is 0 Å². The number of fused-ring (bicyclic) bond motifs is 1. The largest absolute Gasteiger partial charge is 0.491 e. The summed E-state index contributed by atoms with van der Waals surface area (Å²) in [7, 11) is 0. The van der Waals surface area contributed by atoms with Gasteiger partial charge < -0.3 is 14.2 Å². The van der Waals surface area contributed by atoms with Gasteiger partial charge in [-0.2, -0.15) is 0 Å². The molecule has 1 aliphatic heterocycles. The molecule has 1 aromatic carbocycles. The Bertz CT molecular complexity index is 620. The Hall–Kier alpha value is -2.24. The fourth-order valence-electron chi connectivity index (χ4n) is 2.53. The first-order valence-corrected chi connectivity index (χ1v) is 8.16. The van der Waals surface area contributed by atoms with Gasteiger partial charge in [0.25, 0.3) is 0 Å². The van der Waals surface area contributed by atoms with Gasteiger partial charge >= 0.3 is 12.1 Å². The van der Waals surface area contributed by atoms with E-state index in [0.717, 1.165) is 5.56 Å². The smallest absolute Gasteiger partial charge is 0.410 e. The van der Waals surface area contributed by atoms with Crippen molar-refractivity contribution in [2.45, 2.75) is 46.3 Å². The van der Waals surface area contributed by atoms with E-state index in [9.17, 15) is 9.59 Å². The lowest BCUT2D eigenvalue weighted by molar-refractivity contribution is 0.0167. The fraction of sp³-hybridized carbons (Fsp3) is 0.556. The molecule has 0 radical (unpaired) electrons. The number of carbonyl (C=O) groups excluding carboxylic acids is 2. The van der Waals surface area contributed by atoms with Crippen molar-refractivity contribution in [3.63, 3.8) is 0 Å². The highest BCUT2D eigenvalue weighted by Gasteiger charge is 2.31. The normalized spacial score (nSPS) is 17.4. The third-order valence-corrected chi connectivity index (χ3v) is 3.66. The van der Waals surface area contributed by atoms with Crippen molar-refractivity contribution in [1.29, 1.82) is 0 Å². The van der Waals surface area contributed by atoms with Crippen molar-refractivity contribution in [3.05, 3.63) is 29.3 Å². The van der Waals surface area contributed by atoms with Crippen molar-refractivity contribution in [3.8, 4) is 5.75 Å². The van der Waals surface area contributed by atoms with Gasteiger partial charge in [-0.3, -0.25) is 4.90 Å². The highest BCUT2D eigenvalue weighted by Crippen LogP contribution is 2.33. The van der Waals surface area contributed by atoms with Crippen LogP contribution < -0.4 is 4.74 Å². The second kappa shape index (κ2) is 7.11. The first-order valence-electron chi connectivity index (χ1n) is 8.16. The molecular weight excluding hydrogens is 310 g/mol. The van der Waals surface area contributed by atoms with Crippen molar-refractivity contribution >= 4 is 12.1 Å². The molecule has 0 bridgehead atoms. The van der Waals surface area contributed by atoms with Crippen LogP contribution in [0.3, 0.4) is 0 Å².